The van der Waals surface area contributed by atoms with Crippen LogP contribution in [0.3, 0.4) is 0 Å². The van der Waals surface area contributed by atoms with Crippen molar-refractivity contribution in [2.75, 3.05) is 52.7 Å². The lowest BCUT2D eigenvalue weighted by Gasteiger charge is -2.56. The van der Waals surface area contributed by atoms with Crippen LogP contribution in [0.5, 0.6) is 0 Å². The van der Waals surface area contributed by atoms with Crippen LogP contribution in [0.2, 0.25) is 0 Å². The van der Waals surface area contributed by atoms with Crippen molar-refractivity contribution in [2.45, 2.75) is 181 Å². The number of aliphatic hydroxyl groups excluding tert-OH is 1. The molecule has 0 radical (unpaired) electrons. The summed E-state index contributed by atoms with van der Waals surface area (Å²) in [6.45, 7) is 9.30. The number of hydrogen-bond donors (Lipinski definition) is 1. The SMILES string of the molecule is CCCCCCCCOC(CCC(=O)OCCC1(CCOC(=O)CC23CC4CC(CC(C4)C2)C3)CCN(CCO)CC1)OCCCCCCCC. The number of carbonyl (C=O) groups is 2. The Kier molecular flexibility index (Phi) is 19.6. The lowest BCUT2D eigenvalue weighted by Crippen LogP contribution is -2.47. The molecule has 1 saturated heterocycles. The molecule has 5 aliphatic rings. The standard InChI is InChI=1S/C43H77NO7/c1-3-5-7-9-11-13-25-50-41(51-26-14-12-10-8-6-4-2)16-15-39(46)48-27-19-42(17-21-44(22-18-42)23-24-45)20-28-49-40(47)35-43-32-36-29-37(33-43)31-38(30-36)34-43/h36-38,41,45H,3-35H2,1-2H3. The van der Waals surface area contributed by atoms with Crippen molar-refractivity contribution < 1.29 is 33.6 Å². The van der Waals surface area contributed by atoms with E-state index in [-0.39, 0.29) is 42.1 Å². The van der Waals surface area contributed by atoms with E-state index in [1.165, 1.54) is 103 Å². The Bertz CT molecular complexity index is 911. The van der Waals surface area contributed by atoms with Gasteiger partial charge in [0.25, 0.3) is 0 Å². The molecule has 0 aromatic carbocycles. The quantitative estimate of drug-likeness (QED) is 0.0465. The second-order valence-electron chi connectivity index (χ2n) is 17.3. The van der Waals surface area contributed by atoms with Gasteiger partial charge in [0.2, 0.25) is 0 Å². The first kappa shape index (κ1) is 42.5. The van der Waals surface area contributed by atoms with Gasteiger partial charge in [-0.2, -0.15) is 0 Å². The lowest BCUT2D eigenvalue weighted by molar-refractivity contribution is -0.160. The molecule has 0 aromatic rings. The highest BCUT2D eigenvalue weighted by Crippen LogP contribution is 2.61. The van der Waals surface area contributed by atoms with E-state index >= 15 is 0 Å². The number of nitrogens with zero attached hydrogens (tertiary/aromatic N) is 1. The Morgan fingerprint density at radius 1 is 0.686 bits per heavy atom. The van der Waals surface area contributed by atoms with Gasteiger partial charge >= 0.3 is 11.9 Å². The Labute approximate surface area is 311 Å². The molecule has 5 rings (SSSR count). The minimum atomic E-state index is -0.362. The van der Waals surface area contributed by atoms with Gasteiger partial charge in [0.05, 0.1) is 32.7 Å². The molecule has 0 unspecified atom stereocenters. The normalized spacial score (nSPS) is 25.5. The smallest absolute Gasteiger partial charge is 0.306 e. The van der Waals surface area contributed by atoms with Gasteiger partial charge in [-0.3, -0.25) is 9.59 Å². The van der Waals surface area contributed by atoms with E-state index in [1.54, 1.807) is 0 Å². The molecule has 4 bridgehead atoms. The van der Waals surface area contributed by atoms with Gasteiger partial charge in [0, 0.05) is 26.2 Å². The summed E-state index contributed by atoms with van der Waals surface area (Å²) < 4.78 is 24.1. The van der Waals surface area contributed by atoms with Crippen molar-refractivity contribution >= 4 is 11.9 Å². The number of likely N-dealkylation sites (tertiary alicyclic amines) is 1. The van der Waals surface area contributed by atoms with Crippen molar-refractivity contribution in [2.24, 2.45) is 28.6 Å². The number of piperidine rings is 1. The van der Waals surface area contributed by atoms with Crippen molar-refractivity contribution in [3.8, 4) is 0 Å². The van der Waals surface area contributed by atoms with E-state index in [4.69, 9.17) is 18.9 Å². The molecule has 51 heavy (non-hydrogen) atoms. The Morgan fingerprint density at radius 3 is 1.69 bits per heavy atom. The minimum absolute atomic E-state index is 0.0109. The fraction of sp³-hybridized carbons (Fsp3) is 0.953. The summed E-state index contributed by atoms with van der Waals surface area (Å²) in [7, 11) is 0. The monoisotopic (exact) mass is 720 g/mol. The third-order valence-electron chi connectivity index (χ3n) is 13.0. The topological polar surface area (TPSA) is 94.5 Å². The van der Waals surface area contributed by atoms with E-state index in [9.17, 15) is 14.7 Å². The summed E-state index contributed by atoms with van der Waals surface area (Å²) in [5, 5.41) is 9.48. The van der Waals surface area contributed by atoms with Crippen LogP contribution in [0.25, 0.3) is 0 Å². The van der Waals surface area contributed by atoms with Crippen molar-refractivity contribution in [3.05, 3.63) is 0 Å². The van der Waals surface area contributed by atoms with Crippen LogP contribution in [0, 0.1) is 28.6 Å². The zero-order chi connectivity index (χ0) is 36.2. The van der Waals surface area contributed by atoms with Crippen LogP contribution < -0.4 is 0 Å². The summed E-state index contributed by atoms with van der Waals surface area (Å²) in [4.78, 5) is 28.4. The van der Waals surface area contributed by atoms with E-state index in [0.29, 0.717) is 45.8 Å². The maximum absolute atomic E-state index is 13.2. The van der Waals surface area contributed by atoms with Crippen molar-refractivity contribution in [1.29, 1.82) is 0 Å². The van der Waals surface area contributed by atoms with E-state index in [2.05, 4.69) is 18.7 Å². The molecule has 5 fully saturated rings. The minimum Gasteiger partial charge on any atom is -0.466 e. The van der Waals surface area contributed by atoms with Gasteiger partial charge in [-0.15, -0.1) is 0 Å². The maximum Gasteiger partial charge on any atom is 0.306 e. The fourth-order valence-corrected chi connectivity index (χ4v) is 10.4. The highest BCUT2D eigenvalue weighted by atomic mass is 16.7. The van der Waals surface area contributed by atoms with Gasteiger partial charge < -0.3 is 29.0 Å². The third kappa shape index (κ3) is 15.6. The molecule has 0 aromatic heterocycles. The lowest BCUT2D eigenvalue weighted by atomic mass is 9.49. The van der Waals surface area contributed by atoms with Gasteiger partial charge in [-0.05, 0) is 119 Å². The third-order valence-corrected chi connectivity index (χ3v) is 13.0. The number of esters is 2. The molecular formula is C43H77NO7. The van der Waals surface area contributed by atoms with Crippen LogP contribution >= 0.6 is 0 Å². The Hall–Kier alpha value is -1.22. The van der Waals surface area contributed by atoms with Gasteiger partial charge in [-0.25, -0.2) is 0 Å². The largest absolute Gasteiger partial charge is 0.466 e. The van der Waals surface area contributed by atoms with E-state index in [1.807, 2.05) is 0 Å². The van der Waals surface area contributed by atoms with Gasteiger partial charge in [0.15, 0.2) is 6.29 Å². The number of rotatable bonds is 29. The molecule has 1 N–H and O–H groups in total. The second-order valence-corrected chi connectivity index (χ2v) is 17.3. The number of β-amino-alcohol motifs (C(OH)–C–C–N with tert-alkyl or cyclic N) is 1. The zero-order valence-electron chi connectivity index (χ0n) is 33.0. The van der Waals surface area contributed by atoms with Crippen LogP contribution in [-0.4, -0.2) is 80.9 Å². The number of ether oxygens (including phenoxy) is 4. The maximum atomic E-state index is 13.2. The Balaban J connectivity index is 1.18. The van der Waals surface area contributed by atoms with Crippen molar-refractivity contribution in [3.63, 3.8) is 0 Å². The summed E-state index contributed by atoms with van der Waals surface area (Å²) in [5.74, 6) is 2.30. The molecule has 1 heterocycles. The number of hydrogen-bond acceptors (Lipinski definition) is 8. The highest BCUT2D eigenvalue weighted by Gasteiger charge is 2.51. The Morgan fingerprint density at radius 2 is 1.18 bits per heavy atom. The first-order chi connectivity index (χ1) is 24.9. The number of aliphatic hydroxyl groups is 1. The average molecular weight is 720 g/mol. The zero-order valence-corrected chi connectivity index (χ0v) is 33.0. The first-order valence-electron chi connectivity index (χ1n) is 21.7. The fourth-order valence-electron chi connectivity index (χ4n) is 10.4. The summed E-state index contributed by atoms with van der Waals surface area (Å²) in [6.07, 6.45) is 26.9. The molecule has 1 aliphatic heterocycles. The van der Waals surface area contributed by atoms with Crippen LogP contribution in [0.15, 0.2) is 0 Å². The second kappa shape index (κ2) is 23.5. The van der Waals surface area contributed by atoms with Crippen LogP contribution in [-0.2, 0) is 28.5 Å². The molecule has 4 aliphatic carbocycles. The molecule has 8 heteroatoms. The molecule has 296 valence electrons. The molecule has 0 spiro atoms. The average Bonchev–Trinajstić information content (AvgIpc) is 3.09. The van der Waals surface area contributed by atoms with E-state index in [0.717, 1.165) is 69.4 Å². The molecule has 4 saturated carbocycles. The molecule has 0 atom stereocenters. The van der Waals surface area contributed by atoms with Crippen LogP contribution in [0.1, 0.15) is 174 Å². The number of carbonyl (C=O) groups excluding carboxylic acids is 2. The highest BCUT2D eigenvalue weighted by molar-refractivity contribution is 5.70. The predicted octanol–water partition coefficient (Wildman–Crippen LogP) is 9.39. The molecular weight excluding hydrogens is 642 g/mol. The predicted molar refractivity (Wildman–Crippen MR) is 203 cm³/mol. The van der Waals surface area contributed by atoms with E-state index < -0.39 is 0 Å². The molecule has 0 amide bonds. The first-order valence-corrected chi connectivity index (χ1v) is 21.7. The van der Waals surface area contributed by atoms with Crippen LogP contribution in [0.4, 0.5) is 0 Å². The van der Waals surface area contributed by atoms with Crippen molar-refractivity contribution in [1.82, 2.24) is 4.90 Å². The summed E-state index contributed by atoms with van der Waals surface area (Å²) in [6, 6.07) is 0. The summed E-state index contributed by atoms with van der Waals surface area (Å²) in [5.41, 5.74) is 0.168. The summed E-state index contributed by atoms with van der Waals surface area (Å²) >= 11 is 0. The molecule has 8 nitrogen and oxygen atoms in total. The van der Waals surface area contributed by atoms with Gasteiger partial charge in [0.1, 0.15) is 0 Å². The van der Waals surface area contributed by atoms with Gasteiger partial charge in [-0.1, -0.05) is 78.1 Å². The number of unbranched alkanes of at least 4 members (excludes halogenated alkanes) is 10.